The van der Waals surface area contributed by atoms with Crippen molar-refractivity contribution in [3.63, 3.8) is 0 Å². The molecule has 2 fully saturated rings. The summed E-state index contributed by atoms with van der Waals surface area (Å²) in [7, 11) is 1.66. The highest BCUT2D eigenvalue weighted by molar-refractivity contribution is 5.88. The van der Waals surface area contributed by atoms with Crippen LogP contribution in [0.2, 0.25) is 0 Å². The summed E-state index contributed by atoms with van der Waals surface area (Å²) < 4.78 is 11.8. The molecule has 4 nitrogen and oxygen atoms in total. The van der Waals surface area contributed by atoms with Crippen LogP contribution >= 0.6 is 0 Å². The zero-order valence-corrected chi connectivity index (χ0v) is 14.3. The van der Waals surface area contributed by atoms with Gasteiger partial charge < -0.3 is 14.6 Å². The zero-order valence-electron chi connectivity index (χ0n) is 14.3. The third-order valence-corrected chi connectivity index (χ3v) is 5.58. The van der Waals surface area contributed by atoms with Crippen LogP contribution in [-0.4, -0.2) is 24.3 Å². The highest BCUT2D eigenvalue weighted by Gasteiger charge is 2.41. The number of carboxylic acid groups (broad SMARTS) is 1. The van der Waals surface area contributed by atoms with E-state index in [9.17, 15) is 4.79 Å². The second-order valence-corrected chi connectivity index (χ2v) is 7.08. The first-order chi connectivity index (χ1) is 12.1. The van der Waals surface area contributed by atoms with Crippen molar-refractivity contribution in [3.8, 4) is 22.6 Å². The summed E-state index contributed by atoms with van der Waals surface area (Å²) in [6.07, 6.45) is 5.35. The van der Waals surface area contributed by atoms with Gasteiger partial charge in [-0.05, 0) is 72.9 Å². The van der Waals surface area contributed by atoms with Crippen molar-refractivity contribution in [2.24, 2.45) is 11.8 Å². The topological polar surface area (TPSA) is 55.8 Å². The Kier molecular flexibility index (Phi) is 4.12. The number of aromatic carboxylic acids is 1. The minimum atomic E-state index is -0.915. The molecule has 2 aromatic rings. The van der Waals surface area contributed by atoms with E-state index in [4.69, 9.17) is 14.6 Å². The summed E-state index contributed by atoms with van der Waals surface area (Å²) in [5.74, 6) is 2.11. The van der Waals surface area contributed by atoms with E-state index in [1.165, 1.54) is 19.3 Å². The first-order valence-electron chi connectivity index (χ1n) is 8.82. The lowest BCUT2D eigenvalue weighted by atomic mass is 9.97. The lowest BCUT2D eigenvalue weighted by Crippen LogP contribution is -2.23. The molecule has 25 heavy (non-hydrogen) atoms. The van der Waals surface area contributed by atoms with Gasteiger partial charge in [-0.1, -0.05) is 18.2 Å². The predicted octanol–water partition coefficient (Wildman–Crippen LogP) is 4.63. The Bertz CT molecular complexity index is 781. The van der Waals surface area contributed by atoms with Crippen LogP contribution in [0.15, 0.2) is 42.5 Å². The smallest absolute Gasteiger partial charge is 0.335 e. The number of benzene rings is 2. The Morgan fingerprint density at radius 3 is 2.36 bits per heavy atom. The second-order valence-electron chi connectivity index (χ2n) is 7.08. The fourth-order valence-electron chi connectivity index (χ4n) is 4.25. The Morgan fingerprint density at radius 2 is 1.76 bits per heavy atom. The second kappa shape index (κ2) is 6.43. The summed E-state index contributed by atoms with van der Waals surface area (Å²) in [6, 6.07) is 12.8. The summed E-state index contributed by atoms with van der Waals surface area (Å²) >= 11 is 0. The van der Waals surface area contributed by atoms with E-state index < -0.39 is 5.97 Å². The van der Waals surface area contributed by atoms with Gasteiger partial charge in [-0.15, -0.1) is 0 Å². The summed E-state index contributed by atoms with van der Waals surface area (Å²) in [4.78, 5) is 11.0. The maximum absolute atomic E-state index is 11.0. The average molecular weight is 338 g/mol. The van der Waals surface area contributed by atoms with Crippen molar-refractivity contribution < 1.29 is 19.4 Å². The molecular weight excluding hydrogens is 316 g/mol. The van der Waals surface area contributed by atoms with Gasteiger partial charge in [-0.2, -0.15) is 0 Å². The number of carboxylic acids is 1. The van der Waals surface area contributed by atoms with Gasteiger partial charge in [-0.25, -0.2) is 4.79 Å². The van der Waals surface area contributed by atoms with Crippen LogP contribution in [0.4, 0.5) is 0 Å². The third-order valence-electron chi connectivity index (χ3n) is 5.58. The van der Waals surface area contributed by atoms with Gasteiger partial charge in [0.1, 0.15) is 6.10 Å². The maximum atomic E-state index is 11.0. The van der Waals surface area contributed by atoms with E-state index >= 15 is 0 Å². The van der Waals surface area contributed by atoms with Crippen molar-refractivity contribution in [1.29, 1.82) is 0 Å². The standard InChI is InChI=1S/C21H22O4/c1-24-18-9-8-16(14-4-6-15(7-5-14)21(22)23)12-20(18)25-19-11-13-2-3-17(19)10-13/h4-9,12-13,17,19H,2-3,10-11H2,1H3,(H,22,23)/t13-,17+,19-/m0/s1. The lowest BCUT2D eigenvalue weighted by Gasteiger charge is -2.24. The first-order valence-corrected chi connectivity index (χ1v) is 8.82. The number of ether oxygens (including phenoxy) is 2. The molecule has 3 atom stereocenters. The molecule has 0 aliphatic heterocycles. The molecule has 130 valence electrons. The van der Waals surface area contributed by atoms with E-state index in [0.717, 1.165) is 35.0 Å². The fraction of sp³-hybridized carbons (Fsp3) is 0.381. The minimum Gasteiger partial charge on any atom is -0.493 e. The van der Waals surface area contributed by atoms with Crippen LogP contribution in [-0.2, 0) is 0 Å². The van der Waals surface area contributed by atoms with Gasteiger partial charge in [0.25, 0.3) is 0 Å². The maximum Gasteiger partial charge on any atom is 0.335 e. The van der Waals surface area contributed by atoms with Gasteiger partial charge >= 0.3 is 5.97 Å². The van der Waals surface area contributed by atoms with Crippen molar-refractivity contribution >= 4 is 5.97 Å². The van der Waals surface area contributed by atoms with Crippen molar-refractivity contribution in [3.05, 3.63) is 48.0 Å². The zero-order chi connectivity index (χ0) is 17.4. The monoisotopic (exact) mass is 338 g/mol. The van der Waals surface area contributed by atoms with Gasteiger partial charge in [0.2, 0.25) is 0 Å². The highest BCUT2D eigenvalue weighted by Crippen LogP contribution is 2.47. The summed E-state index contributed by atoms with van der Waals surface area (Å²) in [5.41, 5.74) is 2.25. The van der Waals surface area contributed by atoms with Crippen molar-refractivity contribution in [2.45, 2.75) is 31.8 Å². The molecule has 0 aromatic heterocycles. The molecule has 2 saturated carbocycles. The van der Waals surface area contributed by atoms with E-state index in [-0.39, 0.29) is 11.7 Å². The molecule has 2 aromatic carbocycles. The molecular formula is C21H22O4. The largest absolute Gasteiger partial charge is 0.493 e. The molecule has 0 saturated heterocycles. The molecule has 2 aliphatic carbocycles. The third kappa shape index (κ3) is 3.09. The van der Waals surface area contributed by atoms with Gasteiger partial charge in [0, 0.05) is 0 Å². The fourth-order valence-corrected chi connectivity index (χ4v) is 4.25. The minimum absolute atomic E-state index is 0.288. The molecule has 0 heterocycles. The molecule has 2 aliphatic rings. The molecule has 0 spiro atoms. The Balaban J connectivity index is 1.60. The number of hydrogen-bond acceptors (Lipinski definition) is 3. The first kappa shape index (κ1) is 16.0. The number of methoxy groups -OCH3 is 1. The number of hydrogen-bond donors (Lipinski definition) is 1. The van der Waals surface area contributed by atoms with Gasteiger partial charge in [-0.3, -0.25) is 0 Å². The van der Waals surface area contributed by atoms with Crippen LogP contribution in [0.1, 0.15) is 36.0 Å². The Morgan fingerprint density at radius 1 is 1.00 bits per heavy atom. The number of carbonyl (C=O) groups is 1. The van der Waals surface area contributed by atoms with Gasteiger partial charge in [0.15, 0.2) is 11.5 Å². The number of rotatable bonds is 5. The molecule has 0 amide bonds. The highest BCUT2D eigenvalue weighted by atomic mass is 16.5. The van der Waals surface area contributed by atoms with Crippen LogP contribution in [0, 0.1) is 11.8 Å². The quantitative estimate of drug-likeness (QED) is 0.864. The van der Waals surface area contributed by atoms with Gasteiger partial charge in [0.05, 0.1) is 12.7 Å². The van der Waals surface area contributed by atoms with Crippen molar-refractivity contribution in [2.75, 3.05) is 7.11 Å². The summed E-state index contributed by atoms with van der Waals surface area (Å²) in [5, 5.41) is 9.03. The Labute approximate surface area is 147 Å². The van der Waals surface area contributed by atoms with Crippen LogP contribution in [0.5, 0.6) is 11.5 Å². The van der Waals surface area contributed by atoms with Crippen LogP contribution < -0.4 is 9.47 Å². The molecule has 0 radical (unpaired) electrons. The molecule has 4 rings (SSSR count). The van der Waals surface area contributed by atoms with Crippen LogP contribution in [0.3, 0.4) is 0 Å². The summed E-state index contributed by atoms with van der Waals surface area (Å²) in [6.45, 7) is 0. The predicted molar refractivity (Wildman–Crippen MR) is 95.3 cm³/mol. The van der Waals surface area contributed by atoms with E-state index in [1.807, 2.05) is 30.3 Å². The van der Waals surface area contributed by atoms with Crippen LogP contribution in [0.25, 0.3) is 11.1 Å². The van der Waals surface area contributed by atoms with E-state index in [0.29, 0.717) is 5.92 Å². The molecule has 1 N–H and O–H groups in total. The van der Waals surface area contributed by atoms with E-state index in [2.05, 4.69) is 0 Å². The normalized spacial score (nSPS) is 24.3. The van der Waals surface area contributed by atoms with Crippen molar-refractivity contribution in [1.82, 2.24) is 0 Å². The SMILES string of the molecule is COc1ccc(-c2ccc(C(=O)O)cc2)cc1O[C@H]1C[C@H]2CC[C@@H]1C2. The molecule has 2 bridgehead atoms. The van der Waals surface area contributed by atoms with E-state index in [1.54, 1.807) is 19.2 Å². The molecule has 0 unspecified atom stereocenters. The average Bonchev–Trinajstić information content (AvgIpc) is 3.25. The lowest BCUT2D eigenvalue weighted by molar-refractivity contribution is 0.0697. The Hall–Kier alpha value is -2.49. The molecule has 4 heteroatoms. The number of fused-ring (bicyclic) bond motifs is 2.